The number of carbonyl (C=O) groups is 3. The molecule has 3 aromatic rings. The second-order valence-corrected chi connectivity index (χ2v) is 10.5. The third kappa shape index (κ3) is 5.66. The molecular formula is C31H35N3O6. The van der Waals surface area contributed by atoms with Crippen LogP contribution in [0.25, 0.3) is 10.9 Å². The van der Waals surface area contributed by atoms with Gasteiger partial charge in [-0.1, -0.05) is 36.4 Å². The van der Waals surface area contributed by atoms with Gasteiger partial charge in [-0.15, -0.1) is 0 Å². The molecule has 0 fully saturated rings. The number of amides is 2. The number of hydrogen-bond acceptors (Lipinski definition) is 6. The fraction of sp³-hybridized carbons (Fsp3) is 0.387. The Bertz CT molecular complexity index is 1400. The molecule has 0 spiro atoms. The Hall–Kier alpha value is -3.95. The number of nitrogens with zero attached hydrogens (tertiary/aromatic N) is 1. The highest BCUT2D eigenvalue weighted by Gasteiger charge is 2.50. The van der Waals surface area contributed by atoms with E-state index in [1.54, 1.807) is 17.0 Å². The van der Waals surface area contributed by atoms with Gasteiger partial charge in [0.1, 0.15) is 23.7 Å². The number of aliphatic hydroxyl groups excluding tert-OH is 2. The van der Waals surface area contributed by atoms with Crippen molar-refractivity contribution in [1.82, 2.24) is 15.2 Å². The first-order chi connectivity index (χ1) is 19.4. The van der Waals surface area contributed by atoms with E-state index < -0.39 is 24.2 Å². The van der Waals surface area contributed by atoms with Crippen molar-refractivity contribution in [2.24, 2.45) is 0 Å². The van der Waals surface area contributed by atoms with Crippen LogP contribution in [0.1, 0.15) is 43.4 Å². The molecule has 210 valence electrons. The number of para-hydroxylation sites is 2. The summed E-state index contributed by atoms with van der Waals surface area (Å²) in [4.78, 5) is 43.4. The lowest BCUT2D eigenvalue weighted by Gasteiger charge is -2.40. The number of ketones is 1. The van der Waals surface area contributed by atoms with Crippen LogP contribution in [-0.4, -0.2) is 75.6 Å². The van der Waals surface area contributed by atoms with E-state index >= 15 is 0 Å². The number of Topliss-reactive ketones (excluding diaryl/α,β-unsaturated/α-hetero) is 1. The van der Waals surface area contributed by atoms with Crippen molar-refractivity contribution in [1.29, 1.82) is 0 Å². The van der Waals surface area contributed by atoms with Crippen molar-refractivity contribution in [3.05, 3.63) is 77.5 Å². The number of carbonyl (C=O) groups excluding carboxylic acids is 3. The summed E-state index contributed by atoms with van der Waals surface area (Å²) in [5.41, 5.74) is 3.14. The molecule has 4 atom stereocenters. The van der Waals surface area contributed by atoms with E-state index in [1.165, 1.54) is 6.92 Å². The van der Waals surface area contributed by atoms with Crippen LogP contribution in [0.5, 0.6) is 5.75 Å². The van der Waals surface area contributed by atoms with Gasteiger partial charge in [-0.3, -0.25) is 9.59 Å². The summed E-state index contributed by atoms with van der Waals surface area (Å²) in [6.07, 6.45) is 1.17. The molecule has 2 amide bonds. The second kappa shape index (κ2) is 12.1. The van der Waals surface area contributed by atoms with E-state index in [2.05, 4.69) is 10.3 Å². The molecule has 1 aromatic heterocycles. The summed E-state index contributed by atoms with van der Waals surface area (Å²) in [6, 6.07) is 16.5. The Morgan fingerprint density at radius 2 is 1.85 bits per heavy atom. The van der Waals surface area contributed by atoms with E-state index in [0.29, 0.717) is 37.1 Å². The zero-order valence-corrected chi connectivity index (χ0v) is 22.5. The summed E-state index contributed by atoms with van der Waals surface area (Å²) in [6.45, 7) is 1.66. The van der Waals surface area contributed by atoms with Gasteiger partial charge in [-0.05, 0) is 43.0 Å². The predicted octanol–water partition coefficient (Wildman–Crippen LogP) is 2.62. The molecule has 0 bridgehead atoms. The van der Waals surface area contributed by atoms with Gasteiger partial charge < -0.3 is 34.9 Å². The largest absolute Gasteiger partial charge is 0.486 e. The smallest absolute Gasteiger partial charge is 0.247 e. The average molecular weight is 546 g/mol. The van der Waals surface area contributed by atoms with Crippen LogP contribution < -0.4 is 10.1 Å². The molecule has 2 aromatic carbocycles. The zero-order chi connectivity index (χ0) is 28.2. The monoisotopic (exact) mass is 545 g/mol. The lowest BCUT2D eigenvalue weighted by Crippen LogP contribution is -2.56. The summed E-state index contributed by atoms with van der Waals surface area (Å²) >= 11 is 0. The van der Waals surface area contributed by atoms with Crippen molar-refractivity contribution in [3.63, 3.8) is 0 Å². The number of H-pyrrole nitrogens is 1. The molecule has 9 nitrogen and oxygen atoms in total. The molecule has 4 N–H and O–H groups in total. The lowest BCUT2D eigenvalue weighted by molar-refractivity contribution is -0.137. The van der Waals surface area contributed by atoms with Gasteiger partial charge in [0.15, 0.2) is 0 Å². The average Bonchev–Trinajstić information content (AvgIpc) is 3.54. The molecule has 5 rings (SSSR count). The highest BCUT2D eigenvalue weighted by Crippen LogP contribution is 2.47. The fourth-order valence-corrected chi connectivity index (χ4v) is 5.77. The first-order valence-corrected chi connectivity index (χ1v) is 13.8. The van der Waals surface area contributed by atoms with E-state index in [-0.39, 0.29) is 37.2 Å². The molecule has 9 heteroatoms. The maximum absolute atomic E-state index is 13.6. The van der Waals surface area contributed by atoms with E-state index in [1.807, 2.05) is 48.5 Å². The van der Waals surface area contributed by atoms with Crippen molar-refractivity contribution in [3.8, 4) is 5.75 Å². The maximum atomic E-state index is 13.6. The molecule has 0 saturated heterocycles. The lowest BCUT2D eigenvalue weighted by atomic mass is 9.77. The number of rotatable bonds is 11. The number of aromatic nitrogens is 1. The van der Waals surface area contributed by atoms with Crippen LogP contribution >= 0.6 is 0 Å². The van der Waals surface area contributed by atoms with Crippen LogP contribution in [-0.2, 0) is 20.8 Å². The fourth-order valence-electron chi connectivity index (χ4n) is 5.77. The third-order valence-corrected chi connectivity index (χ3v) is 7.68. The minimum absolute atomic E-state index is 0.0119. The van der Waals surface area contributed by atoms with Gasteiger partial charge in [0.2, 0.25) is 11.8 Å². The molecular weight excluding hydrogens is 510 g/mol. The van der Waals surface area contributed by atoms with Crippen LogP contribution in [0.2, 0.25) is 0 Å². The number of nitrogens with one attached hydrogen (secondary N) is 2. The molecule has 2 heterocycles. The van der Waals surface area contributed by atoms with Crippen LogP contribution in [0.15, 0.2) is 66.2 Å². The highest BCUT2D eigenvalue weighted by atomic mass is 16.5. The van der Waals surface area contributed by atoms with Gasteiger partial charge in [-0.25, -0.2) is 0 Å². The van der Waals surface area contributed by atoms with Crippen molar-refractivity contribution < 1.29 is 29.3 Å². The topological polar surface area (TPSA) is 132 Å². The van der Waals surface area contributed by atoms with Crippen molar-refractivity contribution in [2.45, 2.75) is 56.8 Å². The summed E-state index contributed by atoms with van der Waals surface area (Å²) in [7, 11) is 0. The number of fused-ring (bicyclic) bond motifs is 4. The molecule has 1 aliphatic carbocycles. The maximum Gasteiger partial charge on any atom is 0.247 e. The zero-order valence-electron chi connectivity index (χ0n) is 22.5. The molecule has 40 heavy (non-hydrogen) atoms. The predicted molar refractivity (Wildman–Crippen MR) is 150 cm³/mol. The first kappa shape index (κ1) is 27.6. The van der Waals surface area contributed by atoms with E-state index in [0.717, 1.165) is 22.2 Å². The summed E-state index contributed by atoms with van der Waals surface area (Å²) in [5.74, 6) is -0.486. The van der Waals surface area contributed by atoms with Crippen LogP contribution in [0.3, 0.4) is 0 Å². The number of aliphatic hydroxyl groups is 2. The van der Waals surface area contributed by atoms with Crippen molar-refractivity contribution in [2.75, 3.05) is 19.7 Å². The van der Waals surface area contributed by atoms with E-state index in [4.69, 9.17) is 4.74 Å². The van der Waals surface area contributed by atoms with Gasteiger partial charge in [0, 0.05) is 54.7 Å². The highest BCUT2D eigenvalue weighted by molar-refractivity contribution is 5.96. The quantitative estimate of drug-likeness (QED) is 0.293. The molecule has 2 aliphatic rings. The number of hydrogen-bond donors (Lipinski definition) is 4. The Kier molecular flexibility index (Phi) is 8.32. The SMILES string of the molecule is CC(=O)CCCC(=O)N(CCc1cc2ccccc2[nH]1)[C@@H]1C=C(C(=O)NCCO)[C@@H]2c3ccccc3O[C@@H]2[C@H]1O. The van der Waals surface area contributed by atoms with Gasteiger partial charge in [0.25, 0.3) is 0 Å². The minimum Gasteiger partial charge on any atom is -0.486 e. The Balaban J connectivity index is 1.47. The Morgan fingerprint density at radius 1 is 1.07 bits per heavy atom. The molecule has 0 saturated carbocycles. The molecule has 0 unspecified atom stereocenters. The first-order valence-electron chi connectivity index (χ1n) is 13.8. The van der Waals surface area contributed by atoms with E-state index in [9.17, 15) is 24.6 Å². The number of aromatic amines is 1. The Labute approximate surface area is 232 Å². The normalized spacial score (nSPS) is 21.2. The molecule has 1 aliphatic heterocycles. The summed E-state index contributed by atoms with van der Waals surface area (Å²) in [5, 5.41) is 24.7. The third-order valence-electron chi connectivity index (χ3n) is 7.68. The van der Waals surface area contributed by atoms with Gasteiger partial charge in [-0.2, -0.15) is 0 Å². The van der Waals surface area contributed by atoms with Crippen molar-refractivity contribution >= 4 is 28.5 Å². The minimum atomic E-state index is -1.09. The standard InChI is InChI=1S/C31H35N3O6/c1-19(36)7-6-12-27(37)34(15-13-21-17-20-8-2-4-10-24(20)33-21)25-18-23(31(39)32-14-16-35)28-22-9-3-5-11-26(22)40-30(28)29(25)38/h2-5,8-11,17-18,25,28-30,33,35,38H,6-7,12-16H2,1H3,(H,32,39)/t25-,28+,29+,30+/m1/s1. The van der Waals surface area contributed by atoms with Crippen LogP contribution in [0.4, 0.5) is 0 Å². The molecule has 0 radical (unpaired) electrons. The number of ether oxygens (including phenoxy) is 1. The van der Waals surface area contributed by atoms with Gasteiger partial charge in [0.05, 0.1) is 18.6 Å². The number of benzene rings is 2. The van der Waals surface area contributed by atoms with Crippen LogP contribution in [0, 0.1) is 0 Å². The van der Waals surface area contributed by atoms with Gasteiger partial charge >= 0.3 is 0 Å². The summed E-state index contributed by atoms with van der Waals surface area (Å²) < 4.78 is 6.17. The Morgan fingerprint density at radius 3 is 2.62 bits per heavy atom. The second-order valence-electron chi connectivity index (χ2n) is 10.5.